The number of imidazole rings is 1. The third-order valence-electron chi connectivity index (χ3n) is 4.19. The van der Waals surface area contributed by atoms with Gasteiger partial charge in [-0.25, -0.2) is 9.78 Å². The number of thiazole rings is 1. The monoisotopic (exact) mass is 338 g/mol. The van der Waals surface area contributed by atoms with Gasteiger partial charge in [0.05, 0.1) is 12.2 Å². The van der Waals surface area contributed by atoms with E-state index in [0.717, 1.165) is 29.2 Å². The molecule has 5 nitrogen and oxygen atoms in total. The number of hydrogen-bond donors (Lipinski definition) is 1. The normalized spacial score (nSPS) is 21.4. The highest BCUT2D eigenvalue weighted by molar-refractivity contribution is 7.99. The second kappa shape index (κ2) is 6.91. The molecular weight excluding hydrogens is 316 g/mol. The van der Waals surface area contributed by atoms with Gasteiger partial charge in [0.1, 0.15) is 0 Å². The van der Waals surface area contributed by atoms with E-state index in [9.17, 15) is 4.79 Å². The zero-order valence-electron chi connectivity index (χ0n) is 13.0. The zero-order valence-corrected chi connectivity index (χ0v) is 14.6. The van der Waals surface area contributed by atoms with Gasteiger partial charge in [-0.1, -0.05) is 6.92 Å². The van der Waals surface area contributed by atoms with Crippen molar-refractivity contribution < 1.29 is 4.79 Å². The van der Waals surface area contributed by atoms with Crippen LogP contribution in [0.15, 0.2) is 17.8 Å². The van der Waals surface area contributed by atoms with Gasteiger partial charge in [-0.2, -0.15) is 11.8 Å². The van der Waals surface area contributed by atoms with E-state index >= 15 is 0 Å². The molecule has 1 fully saturated rings. The largest absolute Gasteiger partial charge is 0.332 e. The van der Waals surface area contributed by atoms with Gasteiger partial charge in [-0.3, -0.25) is 4.40 Å². The third-order valence-corrected chi connectivity index (χ3v) is 6.19. The molecule has 0 saturated heterocycles. The third kappa shape index (κ3) is 3.41. The molecule has 0 spiro atoms. The number of fused-ring (bicyclic) bond motifs is 1. The molecule has 1 aliphatic carbocycles. The second-order valence-corrected chi connectivity index (χ2v) is 8.09. The van der Waals surface area contributed by atoms with E-state index in [-0.39, 0.29) is 6.03 Å². The van der Waals surface area contributed by atoms with Crippen molar-refractivity contribution in [2.75, 3.05) is 12.8 Å². The molecule has 2 aromatic heterocycles. The van der Waals surface area contributed by atoms with Gasteiger partial charge in [-0.05, 0) is 25.0 Å². The SMILES string of the molecule is CCSC1CCC(N(C)C(=O)NCc2cn3ccsc3n2)C1. The summed E-state index contributed by atoms with van der Waals surface area (Å²) >= 11 is 3.62. The minimum atomic E-state index is 0.00324. The van der Waals surface area contributed by atoms with Crippen LogP contribution in [0.3, 0.4) is 0 Å². The molecule has 2 atom stereocenters. The summed E-state index contributed by atoms with van der Waals surface area (Å²) in [5.41, 5.74) is 0.902. The highest BCUT2D eigenvalue weighted by Gasteiger charge is 2.29. The van der Waals surface area contributed by atoms with Crippen LogP contribution in [0.5, 0.6) is 0 Å². The number of nitrogens with zero attached hydrogens (tertiary/aromatic N) is 3. The minimum Gasteiger partial charge on any atom is -0.332 e. The molecule has 22 heavy (non-hydrogen) atoms. The first-order chi connectivity index (χ1) is 10.7. The number of urea groups is 1. The minimum absolute atomic E-state index is 0.00324. The van der Waals surface area contributed by atoms with E-state index in [1.54, 1.807) is 11.3 Å². The van der Waals surface area contributed by atoms with E-state index in [1.165, 1.54) is 6.42 Å². The summed E-state index contributed by atoms with van der Waals surface area (Å²) in [6, 6.07) is 0.373. The fourth-order valence-electron chi connectivity index (χ4n) is 2.97. The predicted molar refractivity (Wildman–Crippen MR) is 92.6 cm³/mol. The van der Waals surface area contributed by atoms with Crippen molar-refractivity contribution in [2.45, 2.75) is 44.0 Å². The predicted octanol–water partition coefficient (Wildman–Crippen LogP) is 3.21. The molecule has 0 radical (unpaired) electrons. The molecule has 2 unspecified atom stereocenters. The number of hydrogen-bond acceptors (Lipinski definition) is 4. The maximum absolute atomic E-state index is 12.3. The number of nitrogens with one attached hydrogen (secondary N) is 1. The first-order valence-corrected chi connectivity index (χ1v) is 9.63. The van der Waals surface area contributed by atoms with Gasteiger partial charge in [0.15, 0.2) is 4.96 Å². The highest BCUT2D eigenvalue weighted by atomic mass is 32.2. The van der Waals surface area contributed by atoms with Crippen LogP contribution < -0.4 is 5.32 Å². The van der Waals surface area contributed by atoms with Gasteiger partial charge in [0.25, 0.3) is 0 Å². The molecule has 1 saturated carbocycles. The van der Waals surface area contributed by atoms with E-state index in [1.807, 2.05) is 45.9 Å². The van der Waals surface area contributed by atoms with Crippen LogP contribution in [0.2, 0.25) is 0 Å². The molecule has 2 aromatic rings. The van der Waals surface area contributed by atoms with Crippen molar-refractivity contribution in [2.24, 2.45) is 0 Å². The van der Waals surface area contributed by atoms with Crippen molar-refractivity contribution in [3.8, 4) is 0 Å². The summed E-state index contributed by atoms with van der Waals surface area (Å²) < 4.78 is 1.99. The Balaban J connectivity index is 1.50. The molecule has 0 aliphatic heterocycles. The van der Waals surface area contributed by atoms with Gasteiger partial charge in [0, 0.05) is 36.1 Å². The number of amides is 2. The maximum Gasteiger partial charge on any atom is 0.317 e. The quantitative estimate of drug-likeness (QED) is 0.911. The lowest BCUT2D eigenvalue weighted by atomic mass is 10.2. The van der Waals surface area contributed by atoms with Crippen LogP contribution in [0, 0.1) is 0 Å². The van der Waals surface area contributed by atoms with Crippen LogP contribution >= 0.6 is 23.1 Å². The fraction of sp³-hybridized carbons (Fsp3) is 0.600. The first kappa shape index (κ1) is 15.7. The number of carbonyl (C=O) groups is 1. The Morgan fingerprint density at radius 2 is 2.45 bits per heavy atom. The molecule has 1 aliphatic rings. The first-order valence-electron chi connectivity index (χ1n) is 7.70. The molecule has 1 N–H and O–H groups in total. The fourth-order valence-corrected chi connectivity index (χ4v) is 4.83. The Morgan fingerprint density at radius 3 is 3.23 bits per heavy atom. The molecule has 0 aromatic carbocycles. The Bertz CT molecular complexity index is 610. The standard InChI is InChI=1S/C15H22N4OS2/c1-3-21-13-5-4-12(8-13)18(2)14(20)16-9-11-10-19-6-7-22-15(19)17-11/h6-7,10,12-13H,3-5,8-9H2,1-2H3,(H,16,20). The van der Waals surface area contributed by atoms with E-state index in [4.69, 9.17) is 0 Å². The molecule has 0 bridgehead atoms. The lowest BCUT2D eigenvalue weighted by Gasteiger charge is -2.24. The Labute approximate surface area is 139 Å². The Kier molecular flexibility index (Phi) is 4.93. The van der Waals surface area contributed by atoms with Crippen molar-refractivity contribution in [1.29, 1.82) is 0 Å². The second-order valence-electron chi connectivity index (χ2n) is 5.64. The van der Waals surface area contributed by atoms with Crippen LogP contribution in [-0.4, -0.2) is 44.4 Å². The topological polar surface area (TPSA) is 49.6 Å². The van der Waals surface area contributed by atoms with E-state index in [0.29, 0.717) is 17.8 Å². The van der Waals surface area contributed by atoms with Crippen LogP contribution in [-0.2, 0) is 6.54 Å². The lowest BCUT2D eigenvalue weighted by Crippen LogP contribution is -2.42. The van der Waals surface area contributed by atoms with E-state index < -0.39 is 0 Å². The summed E-state index contributed by atoms with van der Waals surface area (Å²) in [5, 5.41) is 5.70. The van der Waals surface area contributed by atoms with Crippen molar-refractivity contribution in [3.05, 3.63) is 23.5 Å². The summed E-state index contributed by atoms with van der Waals surface area (Å²) in [6.07, 6.45) is 7.40. The molecule has 7 heteroatoms. The van der Waals surface area contributed by atoms with Crippen LogP contribution in [0.25, 0.3) is 4.96 Å². The van der Waals surface area contributed by atoms with Crippen LogP contribution in [0.1, 0.15) is 31.9 Å². The maximum atomic E-state index is 12.3. The van der Waals surface area contributed by atoms with Gasteiger partial charge < -0.3 is 10.2 Å². The van der Waals surface area contributed by atoms with Gasteiger partial charge in [0.2, 0.25) is 0 Å². The molecule has 2 heterocycles. The van der Waals surface area contributed by atoms with Gasteiger partial charge in [-0.15, -0.1) is 11.3 Å². The van der Waals surface area contributed by atoms with Gasteiger partial charge >= 0.3 is 6.03 Å². The Morgan fingerprint density at radius 1 is 1.59 bits per heavy atom. The zero-order chi connectivity index (χ0) is 15.5. The number of thioether (sulfide) groups is 1. The number of rotatable bonds is 5. The number of carbonyl (C=O) groups excluding carboxylic acids is 1. The summed E-state index contributed by atoms with van der Waals surface area (Å²) in [7, 11) is 1.91. The smallest absolute Gasteiger partial charge is 0.317 e. The van der Waals surface area contributed by atoms with Crippen molar-refractivity contribution in [1.82, 2.24) is 19.6 Å². The Hall–Kier alpha value is -1.21. The van der Waals surface area contributed by atoms with Crippen molar-refractivity contribution in [3.63, 3.8) is 0 Å². The average molecular weight is 339 g/mol. The summed E-state index contributed by atoms with van der Waals surface area (Å²) in [5.74, 6) is 1.16. The van der Waals surface area contributed by atoms with Crippen LogP contribution in [0.4, 0.5) is 4.79 Å². The summed E-state index contributed by atoms with van der Waals surface area (Å²) in [6.45, 7) is 2.68. The summed E-state index contributed by atoms with van der Waals surface area (Å²) in [4.78, 5) is 19.6. The molecule has 2 amide bonds. The molecule has 120 valence electrons. The molecular formula is C15H22N4OS2. The van der Waals surface area contributed by atoms with E-state index in [2.05, 4.69) is 17.2 Å². The number of aromatic nitrogens is 2. The molecule has 3 rings (SSSR count). The lowest BCUT2D eigenvalue weighted by molar-refractivity contribution is 0.190. The highest BCUT2D eigenvalue weighted by Crippen LogP contribution is 2.32. The van der Waals surface area contributed by atoms with Crippen molar-refractivity contribution >= 4 is 34.1 Å². The average Bonchev–Trinajstić information content (AvgIpc) is 3.19.